The monoisotopic (exact) mass is 119 g/mol. The molecule has 0 bridgehead atoms. The molecule has 8 heavy (non-hydrogen) atoms. The fraction of sp³-hybridized carbons (Fsp3) is 1.00. The first-order chi connectivity index (χ1) is 4.20. The SMILES string of the molecule is [3H]OC(CC)CN(C)C. The van der Waals surface area contributed by atoms with Crippen molar-refractivity contribution in [2.75, 3.05) is 20.6 Å². The standard InChI is InChI=1S/C6H15NO/c1-4-6(8)5-7(2)3/h6,8H,4-5H2,1-3H3/i8T. The highest BCUT2D eigenvalue weighted by Crippen LogP contribution is 1.89. The number of likely N-dealkylation sites (N-methyl/N-ethyl adjacent to an activating group) is 1. The highest BCUT2D eigenvalue weighted by atomic mass is 16.3. The molecule has 2 nitrogen and oxygen atoms in total. The van der Waals surface area contributed by atoms with Crippen LogP contribution in [0.1, 0.15) is 13.3 Å². The zero-order valence-electron chi connectivity index (χ0n) is 6.85. The van der Waals surface area contributed by atoms with E-state index in [9.17, 15) is 0 Å². The van der Waals surface area contributed by atoms with Gasteiger partial charge in [0.15, 0.2) is 0 Å². The number of hydrogen-bond acceptors (Lipinski definition) is 2. The van der Waals surface area contributed by atoms with Crippen molar-refractivity contribution in [2.24, 2.45) is 0 Å². The molecule has 1 atom stereocenters. The molecule has 0 fully saturated rings. The van der Waals surface area contributed by atoms with Crippen LogP contribution in [0.15, 0.2) is 0 Å². The lowest BCUT2D eigenvalue weighted by Gasteiger charge is -2.13. The molecule has 0 rings (SSSR count). The summed E-state index contributed by atoms with van der Waals surface area (Å²) >= 11 is 0. The van der Waals surface area contributed by atoms with Crippen LogP contribution in [0.5, 0.6) is 0 Å². The first-order valence-corrected chi connectivity index (χ1v) is 2.97. The molecule has 0 heterocycles. The minimum absolute atomic E-state index is 0.0694. The van der Waals surface area contributed by atoms with E-state index in [1.165, 1.54) is 0 Å². The summed E-state index contributed by atoms with van der Waals surface area (Å²) in [5.41, 5.74) is 0. The number of aliphatic hydroxyl groups excluding tert-OH is 1. The first-order valence-electron chi connectivity index (χ1n) is 3.38. The molecule has 2 heteroatoms. The molecule has 1 unspecified atom stereocenters. The van der Waals surface area contributed by atoms with Crippen LogP contribution in [0, 0.1) is 0 Å². The van der Waals surface area contributed by atoms with Gasteiger partial charge in [-0.25, -0.2) is 0 Å². The lowest BCUT2D eigenvalue weighted by atomic mass is 10.3. The highest BCUT2D eigenvalue weighted by molar-refractivity contribution is 4.53. The normalized spacial score (nSPS) is 16.2. The van der Waals surface area contributed by atoms with Crippen molar-refractivity contribution >= 4 is 0 Å². The van der Waals surface area contributed by atoms with E-state index < -0.39 is 0 Å². The average molecular weight is 119 g/mol. The van der Waals surface area contributed by atoms with Crippen molar-refractivity contribution in [2.45, 2.75) is 19.4 Å². The van der Waals surface area contributed by atoms with Crippen LogP contribution in [0.4, 0.5) is 0 Å². The van der Waals surface area contributed by atoms with E-state index in [0.717, 1.165) is 13.0 Å². The van der Waals surface area contributed by atoms with Gasteiger partial charge in [0.2, 0.25) is 1.43 Å². The van der Waals surface area contributed by atoms with E-state index in [1.54, 1.807) is 0 Å². The Balaban J connectivity index is 3.31. The van der Waals surface area contributed by atoms with Crippen LogP contribution in [-0.4, -0.2) is 38.2 Å². The Hall–Kier alpha value is -0.0800. The summed E-state index contributed by atoms with van der Waals surface area (Å²) in [6.07, 6.45) is 0.974. The second-order valence-corrected chi connectivity index (χ2v) is 2.29. The van der Waals surface area contributed by atoms with E-state index in [0.29, 0.717) is 0 Å². The molecule has 0 saturated carbocycles. The van der Waals surface area contributed by atoms with E-state index in [-0.39, 0.29) is 6.10 Å². The second-order valence-electron chi connectivity index (χ2n) is 2.29. The maximum atomic E-state index is 6.63. The zero-order chi connectivity index (χ0) is 7.28. The number of hydrogen-bond donors (Lipinski definition) is 1. The maximum absolute atomic E-state index is 6.63. The van der Waals surface area contributed by atoms with Gasteiger partial charge in [-0.2, -0.15) is 0 Å². The predicted octanol–water partition coefficient (Wildman–Crippen LogP) is 0.319. The van der Waals surface area contributed by atoms with Gasteiger partial charge in [-0.05, 0) is 20.5 Å². The fourth-order valence-electron chi connectivity index (χ4n) is 0.536. The van der Waals surface area contributed by atoms with Gasteiger partial charge in [0.05, 0.1) is 6.10 Å². The molecule has 0 aliphatic carbocycles. The van der Waals surface area contributed by atoms with Gasteiger partial charge in [0.25, 0.3) is 0 Å². The Kier molecular flexibility index (Phi) is 2.92. The van der Waals surface area contributed by atoms with Crippen molar-refractivity contribution < 1.29 is 5.11 Å². The third-order valence-corrected chi connectivity index (χ3v) is 1.02. The molecule has 0 radical (unpaired) electrons. The molecule has 0 saturated heterocycles. The molecular formula is C6H15NO. The van der Waals surface area contributed by atoms with Gasteiger partial charge >= 0.3 is 0 Å². The summed E-state index contributed by atoms with van der Waals surface area (Å²) in [5.74, 6) is 0. The van der Waals surface area contributed by atoms with E-state index >= 15 is 0 Å². The summed E-state index contributed by atoms with van der Waals surface area (Å²) in [6.45, 7) is 2.85. The smallest absolute Gasteiger partial charge is 0.211 e. The van der Waals surface area contributed by atoms with Gasteiger partial charge in [0, 0.05) is 6.54 Å². The summed E-state index contributed by atoms with van der Waals surface area (Å²) in [7, 11) is 3.95. The van der Waals surface area contributed by atoms with E-state index in [4.69, 9.17) is 1.43 Å². The predicted molar refractivity (Wildman–Crippen MR) is 34.9 cm³/mol. The molecule has 50 valence electrons. The first kappa shape index (κ1) is 6.05. The largest absolute Gasteiger partial charge is 0.392 e. The number of aliphatic hydroxyl groups is 1. The van der Waals surface area contributed by atoms with Crippen molar-refractivity contribution in [3.8, 4) is 0 Å². The third-order valence-electron chi connectivity index (χ3n) is 1.02. The van der Waals surface area contributed by atoms with Crippen LogP contribution in [-0.2, 0) is 0 Å². The summed E-state index contributed by atoms with van der Waals surface area (Å²) < 4.78 is 6.63. The molecule has 0 amide bonds. The highest BCUT2D eigenvalue weighted by Gasteiger charge is 1.99. The molecular weight excluding hydrogens is 102 g/mol. The number of nitrogens with zero attached hydrogens (tertiary/aromatic N) is 1. The molecule has 0 aliphatic rings. The third kappa shape index (κ3) is 4.09. The minimum Gasteiger partial charge on any atom is -0.392 e. The van der Waals surface area contributed by atoms with Crippen LogP contribution in [0.3, 0.4) is 0 Å². The van der Waals surface area contributed by atoms with Crippen LogP contribution >= 0.6 is 0 Å². The van der Waals surface area contributed by atoms with Crippen LogP contribution < -0.4 is 0 Å². The molecule has 1 N–H and O–H groups in total. The Morgan fingerprint density at radius 1 is 1.75 bits per heavy atom. The Morgan fingerprint density at radius 3 is 2.50 bits per heavy atom. The van der Waals surface area contributed by atoms with Crippen molar-refractivity contribution in [3.05, 3.63) is 0 Å². The second kappa shape index (κ2) is 3.87. The molecule has 0 aromatic carbocycles. The zero-order valence-corrected chi connectivity index (χ0v) is 5.85. The Labute approximate surface area is 52.6 Å². The average Bonchev–Trinajstić information content (AvgIpc) is 1.82. The lowest BCUT2D eigenvalue weighted by Crippen LogP contribution is -2.24. The van der Waals surface area contributed by atoms with Gasteiger partial charge in [0.1, 0.15) is 0 Å². The van der Waals surface area contributed by atoms with Gasteiger partial charge in [-0.3, -0.25) is 0 Å². The molecule has 0 aromatic rings. The summed E-state index contributed by atoms with van der Waals surface area (Å²) in [4.78, 5) is 2.02. The Morgan fingerprint density at radius 2 is 2.38 bits per heavy atom. The number of rotatable bonds is 4. The summed E-state index contributed by atoms with van der Waals surface area (Å²) in [6, 6.07) is 0. The van der Waals surface area contributed by atoms with E-state index in [2.05, 4.69) is 5.11 Å². The minimum atomic E-state index is 0.0694. The van der Waals surface area contributed by atoms with Crippen LogP contribution in [0.25, 0.3) is 0 Å². The lowest BCUT2D eigenvalue weighted by molar-refractivity contribution is 0.133. The Bertz CT molecular complexity index is 64.1. The van der Waals surface area contributed by atoms with Gasteiger partial charge in [-0.15, -0.1) is 0 Å². The quantitative estimate of drug-likeness (QED) is 0.576. The van der Waals surface area contributed by atoms with Crippen molar-refractivity contribution in [1.29, 1.82) is 1.43 Å². The van der Waals surface area contributed by atoms with Crippen LogP contribution in [0.2, 0.25) is 0 Å². The topological polar surface area (TPSA) is 23.5 Å². The molecule has 0 aromatic heterocycles. The molecule has 0 aliphatic heterocycles. The van der Waals surface area contributed by atoms with Gasteiger partial charge in [-0.1, -0.05) is 6.92 Å². The van der Waals surface area contributed by atoms with E-state index in [1.807, 2.05) is 25.9 Å². The van der Waals surface area contributed by atoms with Crippen molar-refractivity contribution in [3.63, 3.8) is 0 Å². The maximum Gasteiger partial charge on any atom is 0.211 e. The van der Waals surface area contributed by atoms with Crippen molar-refractivity contribution in [1.82, 2.24) is 4.90 Å². The fourth-order valence-corrected chi connectivity index (χ4v) is 0.536. The molecule has 0 spiro atoms. The summed E-state index contributed by atoms with van der Waals surface area (Å²) in [5, 5.41) is 4.42. The van der Waals surface area contributed by atoms with Gasteiger partial charge < -0.3 is 10.0 Å².